The third kappa shape index (κ3) is 4.45. The van der Waals surface area contributed by atoms with Gasteiger partial charge >= 0.3 is 0 Å². The lowest BCUT2D eigenvalue weighted by Gasteiger charge is -2.16. The van der Waals surface area contributed by atoms with Crippen molar-refractivity contribution >= 4 is 21.8 Å². The maximum Gasteiger partial charge on any atom is 0.260 e. The number of ether oxygens (including phenoxy) is 3. The van der Waals surface area contributed by atoms with Gasteiger partial charge in [0.2, 0.25) is 6.79 Å². The number of amides is 1. The van der Waals surface area contributed by atoms with Crippen LogP contribution in [0.2, 0.25) is 0 Å². The summed E-state index contributed by atoms with van der Waals surface area (Å²) >= 11 is 3.45. The lowest BCUT2D eigenvalue weighted by Crippen LogP contribution is -2.37. The molecule has 1 amide bonds. The molecule has 25 heavy (non-hydrogen) atoms. The Hall–Kier alpha value is -2.21. The van der Waals surface area contributed by atoms with Gasteiger partial charge in [0.1, 0.15) is 5.75 Å². The van der Waals surface area contributed by atoms with E-state index in [9.17, 15) is 4.79 Å². The summed E-state index contributed by atoms with van der Waals surface area (Å²) in [6, 6.07) is 11.6. The van der Waals surface area contributed by atoms with Crippen molar-refractivity contribution in [2.75, 3.05) is 13.3 Å². The van der Waals surface area contributed by atoms with Gasteiger partial charge in [-0.05, 0) is 71.6 Å². The van der Waals surface area contributed by atoms with Crippen molar-refractivity contribution in [2.24, 2.45) is 0 Å². The molecule has 5 nitrogen and oxygen atoms in total. The van der Waals surface area contributed by atoms with Crippen LogP contribution in [0.5, 0.6) is 17.2 Å². The molecule has 6 heteroatoms. The number of nitrogens with one attached hydrogen (secondary N) is 1. The van der Waals surface area contributed by atoms with Gasteiger partial charge in [-0.2, -0.15) is 0 Å². The molecule has 0 bridgehead atoms. The Kier molecular flexibility index (Phi) is 5.48. The number of carbonyl (C=O) groups is 1. The van der Waals surface area contributed by atoms with Crippen LogP contribution in [0, 0.1) is 6.92 Å². The van der Waals surface area contributed by atoms with Gasteiger partial charge in [0.15, 0.2) is 17.6 Å². The number of hydrogen-bond donors (Lipinski definition) is 1. The Morgan fingerprint density at radius 3 is 2.84 bits per heavy atom. The smallest absolute Gasteiger partial charge is 0.260 e. The molecular formula is C19H20BrNO4. The molecule has 0 unspecified atom stereocenters. The molecule has 0 spiro atoms. The Balaban J connectivity index is 1.48. The first-order valence-corrected chi connectivity index (χ1v) is 8.91. The van der Waals surface area contributed by atoms with Gasteiger partial charge in [0.05, 0.1) is 4.47 Å². The van der Waals surface area contributed by atoms with Crippen LogP contribution in [0.25, 0.3) is 0 Å². The van der Waals surface area contributed by atoms with E-state index in [-0.39, 0.29) is 12.7 Å². The second-order valence-corrected chi connectivity index (χ2v) is 6.78. The zero-order chi connectivity index (χ0) is 17.8. The molecule has 0 aliphatic carbocycles. The second kappa shape index (κ2) is 7.78. The van der Waals surface area contributed by atoms with Crippen LogP contribution in [0.4, 0.5) is 0 Å². The van der Waals surface area contributed by atoms with Crippen LogP contribution in [-0.4, -0.2) is 25.3 Å². The Bertz CT molecular complexity index is 778. The molecule has 0 aromatic heterocycles. The first-order chi connectivity index (χ1) is 12.0. The average molecular weight is 406 g/mol. The molecule has 1 aliphatic heterocycles. The van der Waals surface area contributed by atoms with Crippen molar-refractivity contribution in [3.63, 3.8) is 0 Å². The fourth-order valence-electron chi connectivity index (χ4n) is 2.52. The molecule has 0 radical (unpaired) electrons. The summed E-state index contributed by atoms with van der Waals surface area (Å²) in [5.41, 5.74) is 2.21. The first kappa shape index (κ1) is 17.6. The number of fused-ring (bicyclic) bond motifs is 1. The van der Waals surface area contributed by atoms with Crippen LogP contribution in [0.1, 0.15) is 18.1 Å². The SMILES string of the molecule is Cc1ccc(O[C@@H](C)C(=O)NCCc2ccc3c(c2)OCO3)c(Br)c1. The molecule has 0 saturated carbocycles. The molecular weight excluding hydrogens is 386 g/mol. The van der Waals surface area contributed by atoms with Gasteiger partial charge in [-0.1, -0.05) is 12.1 Å². The van der Waals surface area contributed by atoms with E-state index in [1.165, 1.54) is 0 Å². The van der Waals surface area contributed by atoms with Gasteiger partial charge in [-0.25, -0.2) is 0 Å². The van der Waals surface area contributed by atoms with E-state index in [1.54, 1.807) is 6.92 Å². The number of aryl methyl sites for hydroxylation is 1. The van der Waals surface area contributed by atoms with Gasteiger partial charge in [-0.3, -0.25) is 4.79 Å². The highest BCUT2D eigenvalue weighted by Gasteiger charge is 2.16. The molecule has 3 rings (SSSR count). The molecule has 1 atom stereocenters. The summed E-state index contributed by atoms with van der Waals surface area (Å²) < 4.78 is 17.2. The van der Waals surface area contributed by atoms with Gasteiger partial charge in [0, 0.05) is 6.54 Å². The van der Waals surface area contributed by atoms with Crippen LogP contribution in [0.15, 0.2) is 40.9 Å². The van der Waals surface area contributed by atoms with E-state index in [0.29, 0.717) is 18.7 Å². The first-order valence-electron chi connectivity index (χ1n) is 8.12. The van der Waals surface area contributed by atoms with Crippen LogP contribution in [-0.2, 0) is 11.2 Å². The van der Waals surface area contributed by atoms with E-state index < -0.39 is 6.10 Å². The molecule has 2 aromatic carbocycles. The minimum Gasteiger partial charge on any atom is -0.480 e. The normalized spacial score (nSPS) is 13.4. The molecule has 0 fully saturated rings. The Morgan fingerprint density at radius 2 is 2.04 bits per heavy atom. The van der Waals surface area contributed by atoms with Crippen molar-refractivity contribution in [1.29, 1.82) is 0 Å². The van der Waals surface area contributed by atoms with Crippen LogP contribution >= 0.6 is 15.9 Å². The molecule has 1 heterocycles. The third-order valence-electron chi connectivity index (χ3n) is 3.91. The number of rotatable bonds is 6. The molecule has 1 aliphatic rings. The van der Waals surface area contributed by atoms with Gasteiger partial charge in [-0.15, -0.1) is 0 Å². The van der Waals surface area contributed by atoms with Gasteiger partial charge in [0.25, 0.3) is 5.91 Å². The zero-order valence-corrected chi connectivity index (χ0v) is 15.8. The highest BCUT2D eigenvalue weighted by Crippen LogP contribution is 2.32. The maximum atomic E-state index is 12.2. The molecule has 1 N–H and O–H groups in total. The topological polar surface area (TPSA) is 56.8 Å². The highest BCUT2D eigenvalue weighted by molar-refractivity contribution is 9.10. The summed E-state index contributed by atoms with van der Waals surface area (Å²) in [7, 11) is 0. The van der Waals surface area contributed by atoms with Crippen molar-refractivity contribution < 1.29 is 19.0 Å². The molecule has 2 aromatic rings. The van der Waals surface area contributed by atoms with E-state index in [1.807, 2.05) is 43.3 Å². The average Bonchev–Trinajstić information content (AvgIpc) is 3.05. The highest BCUT2D eigenvalue weighted by atomic mass is 79.9. The lowest BCUT2D eigenvalue weighted by molar-refractivity contribution is -0.127. The second-order valence-electron chi connectivity index (χ2n) is 5.92. The third-order valence-corrected chi connectivity index (χ3v) is 4.53. The van der Waals surface area contributed by atoms with Gasteiger partial charge < -0.3 is 19.5 Å². The fraction of sp³-hybridized carbons (Fsp3) is 0.316. The number of carbonyl (C=O) groups excluding carboxylic acids is 1. The monoisotopic (exact) mass is 405 g/mol. The number of benzene rings is 2. The number of halogens is 1. The van der Waals surface area contributed by atoms with E-state index in [4.69, 9.17) is 14.2 Å². The minimum absolute atomic E-state index is 0.145. The summed E-state index contributed by atoms with van der Waals surface area (Å²) in [5, 5.41) is 2.90. The van der Waals surface area contributed by atoms with Crippen molar-refractivity contribution in [3.05, 3.63) is 52.0 Å². The summed E-state index contributed by atoms with van der Waals surface area (Å²) in [6.07, 6.45) is 0.138. The predicted molar refractivity (Wildman–Crippen MR) is 98.2 cm³/mol. The minimum atomic E-state index is -0.573. The Labute approximate surface area is 155 Å². The molecule has 132 valence electrons. The van der Waals surface area contributed by atoms with E-state index in [2.05, 4.69) is 21.2 Å². The largest absolute Gasteiger partial charge is 0.480 e. The van der Waals surface area contributed by atoms with Crippen molar-refractivity contribution in [3.8, 4) is 17.2 Å². The van der Waals surface area contributed by atoms with Crippen LogP contribution < -0.4 is 19.5 Å². The standard InChI is InChI=1S/C19H20BrNO4/c1-12-3-5-16(15(20)9-12)25-13(2)19(22)21-8-7-14-4-6-17-18(10-14)24-11-23-17/h3-6,9-10,13H,7-8,11H2,1-2H3,(H,21,22)/t13-/m0/s1. The summed E-state index contributed by atoms with van der Waals surface area (Å²) in [6.45, 7) is 4.53. The number of hydrogen-bond acceptors (Lipinski definition) is 4. The zero-order valence-electron chi connectivity index (χ0n) is 14.2. The predicted octanol–water partition coefficient (Wildman–Crippen LogP) is 3.61. The quantitative estimate of drug-likeness (QED) is 0.797. The lowest BCUT2D eigenvalue weighted by atomic mass is 10.1. The van der Waals surface area contributed by atoms with E-state index in [0.717, 1.165) is 27.1 Å². The Morgan fingerprint density at radius 1 is 1.24 bits per heavy atom. The van der Waals surface area contributed by atoms with Crippen molar-refractivity contribution in [2.45, 2.75) is 26.4 Å². The summed E-state index contributed by atoms with van der Waals surface area (Å²) in [4.78, 5) is 12.2. The molecule has 0 saturated heterocycles. The maximum absolute atomic E-state index is 12.2. The van der Waals surface area contributed by atoms with E-state index >= 15 is 0 Å². The summed E-state index contributed by atoms with van der Waals surface area (Å²) in [5.74, 6) is 2.03. The van der Waals surface area contributed by atoms with Crippen LogP contribution in [0.3, 0.4) is 0 Å². The van der Waals surface area contributed by atoms with Crippen molar-refractivity contribution in [1.82, 2.24) is 5.32 Å². The fourth-order valence-corrected chi connectivity index (χ4v) is 3.10.